The topological polar surface area (TPSA) is 95.9 Å². The lowest BCUT2D eigenvalue weighted by Gasteiger charge is -2.39. The van der Waals surface area contributed by atoms with E-state index < -0.39 is 18.5 Å². The van der Waals surface area contributed by atoms with Crippen molar-refractivity contribution >= 4 is 28.2 Å². The fourth-order valence-corrected chi connectivity index (χ4v) is 6.27. The molecule has 246 valence electrons. The molecule has 5 rings (SSSR count). The predicted molar refractivity (Wildman–Crippen MR) is 178 cm³/mol. The zero-order valence-corrected chi connectivity index (χ0v) is 27.2. The minimum atomic E-state index is -0.960. The molecule has 1 amide bonds. The summed E-state index contributed by atoms with van der Waals surface area (Å²) in [5, 5.41) is 14.1. The molecule has 0 radical (unpaired) electrons. The van der Waals surface area contributed by atoms with Crippen molar-refractivity contribution in [3.05, 3.63) is 100 Å². The third kappa shape index (κ3) is 9.51. The standard InChI is InChI=1S/C36H43NO8S/c1-40-23-31(41-2)24-44-35(29-11-10-26-7-3-4-8-28(26)21-29)45-34-22-37(36(38)39)17-16-33(34)27-12-14-30(15-13-27)43-19-6-18-42-25-32-9-5-20-46-32/h3-5,7-15,20-21,31,33-35H,6,16-19,22-25H2,1-2H3,(H,38,39). The van der Waals surface area contributed by atoms with E-state index in [0.717, 1.165) is 34.1 Å². The molecule has 1 aromatic heterocycles. The molecule has 4 aromatic rings. The predicted octanol–water partition coefficient (Wildman–Crippen LogP) is 7.12. The molecule has 10 heteroatoms. The van der Waals surface area contributed by atoms with Crippen LogP contribution in [0.2, 0.25) is 0 Å². The molecule has 9 nitrogen and oxygen atoms in total. The fourth-order valence-electron chi connectivity index (χ4n) is 5.63. The molecular weight excluding hydrogens is 606 g/mol. The first-order chi connectivity index (χ1) is 22.5. The molecule has 3 aromatic carbocycles. The summed E-state index contributed by atoms with van der Waals surface area (Å²) in [7, 11) is 3.24. The van der Waals surface area contributed by atoms with Gasteiger partial charge in [0.1, 0.15) is 11.9 Å². The number of piperidine rings is 1. The van der Waals surface area contributed by atoms with Crippen LogP contribution in [-0.4, -0.2) is 82.0 Å². The fraction of sp³-hybridized carbons (Fsp3) is 0.417. The van der Waals surface area contributed by atoms with E-state index in [2.05, 4.69) is 24.3 Å². The van der Waals surface area contributed by atoms with E-state index in [1.807, 2.05) is 60.0 Å². The summed E-state index contributed by atoms with van der Waals surface area (Å²) < 4.78 is 35.6. The van der Waals surface area contributed by atoms with Crippen LogP contribution in [0.5, 0.6) is 5.75 Å². The minimum absolute atomic E-state index is 0.0425. The molecular formula is C36H43NO8S. The number of carbonyl (C=O) groups is 1. The second-order valence-electron chi connectivity index (χ2n) is 11.3. The molecule has 0 saturated carbocycles. The Morgan fingerprint density at radius 2 is 1.80 bits per heavy atom. The number of nitrogens with zero attached hydrogens (tertiary/aromatic N) is 1. The number of ether oxygens (including phenoxy) is 6. The van der Waals surface area contributed by atoms with Crippen molar-refractivity contribution < 1.29 is 38.3 Å². The maximum atomic E-state index is 12.0. The van der Waals surface area contributed by atoms with Crippen LogP contribution in [0.15, 0.2) is 84.2 Å². The number of rotatable bonds is 17. The van der Waals surface area contributed by atoms with Crippen LogP contribution in [0.3, 0.4) is 0 Å². The first kappa shape index (κ1) is 33.8. The van der Waals surface area contributed by atoms with Gasteiger partial charge < -0.3 is 38.4 Å². The zero-order valence-electron chi connectivity index (χ0n) is 26.4. The molecule has 0 bridgehead atoms. The quantitative estimate of drug-likeness (QED) is 0.0955. The van der Waals surface area contributed by atoms with Gasteiger partial charge in [-0.05, 0) is 52.4 Å². The van der Waals surface area contributed by atoms with Gasteiger partial charge in [0.2, 0.25) is 0 Å². The van der Waals surface area contributed by atoms with E-state index in [-0.39, 0.29) is 25.2 Å². The maximum Gasteiger partial charge on any atom is 0.407 e. The number of likely N-dealkylation sites (tertiary alicyclic amines) is 1. The summed E-state index contributed by atoms with van der Waals surface area (Å²) in [6.07, 6.45) is -1.02. The molecule has 1 N–H and O–H groups in total. The van der Waals surface area contributed by atoms with Gasteiger partial charge in [0.15, 0.2) is 6.29 Å². The van der Waals surface area contributed by atoms with Gasteiger partial charge in [-0.25, -0.2) is 4.79 Å². The first-order valence-electron chi connectivity index (χ1n) is 15.6. The highest BCUT2D eigenvalue weighted by Crippen LogP contribution is 2.36. The third-order valence-corrected chi connectivity index (χ3v) is 8.98. The largest absolute Gasteiger partial charge is 0.494 e. The smallest absolute Gasteiger partial charge is 0.407 e. The third-order valence-electron chi connectivity index (χ3n) is 8.13. The second kappa shape index (κ2) is 17.4. The Kier molecular flexibility index (Phi) is 12.8. The molecule has 0 aliphatic carbocycles. The molecule has 2 heterocycles. The van der Waals surface area contributed by atoms with Crippen molar-refractivity contribution in [1.82, 2.24) is 4.90 Å². The summed E-state index contributed by atoms with van der Waals surface area (Å²) in [5.41, 5.74) is 1.91. The van der Waals surface area contributed by atoms with Gasteiger partial charge in [-0.1, -0.05) is 54.6 Å². The second-order valence-corrected chi connectivity index (χ2v) is 12.3. The van der Waals surface area contributed by atoms with E-state index in [9.17, 15) is 9.90 Å². The maximum absolute atomic E-state index is 12.0. The van der Waals surface area contributed by atoms with E-state index in [1.165, 1.54) is 9.78 Å². The Morgan fingerprint density at radius 1 is 0.978 bits per heavy atom. The minimum Gasteiger partial charge on any atom is -0.494 e. The van der Waals surface area contributed by atoms with Crippen LogP contribution in [0, 0.1) is 0 Å². The SMILES string of the molecule is COCC(COC(OC1CN(C(=O)O)CCC1c1ccc(OCCCOCc2cccs2)cc1)c1ccc2ccccc2c1)OC. The van der Waals surface area contributed by atoms with Gasteiger partial charge >= 0.3 is 6.09 Å². The number of hydrogen-bond acceptors (Lipinski definition) is 8. The Balaban J connectivity index is 1.27. The van der Waals surface area contributed by atoms with Crippen molar-refractivity contribution in [3.8, 4) is 5.75 Å². The Bertz CT molecular complexity index is 1480. The van der Waals surface area contributed by atoms with Gasteiger partial charge in [0.05, 0.1) is 45.7 Å². The number of amides is 1. The van der Waals surface area contributed by atoms with E-state index in [4.69, 9.17) is 28.4 Å². The number of thiophene rings is 1. The number of carboxylic acid groups (broad SMARTS) is 1. The van der Waals surface area contributed by atoms with E-state index in [0.29, 0.717) is 39.4 Å². The van der Waals surface area contributed by atoms with Gasteiger partial charge in [-0.2, -0.15) is 0 Å². The highest BCUT2D eigenvalue weighted by molar-refractivity contribution is 7.09. The van der Waals surface area contributed by atoms with Crippen molar-refractivity contribution in [3.63, 3.8) is 0 Å². The van der Waals surface area contributed by atoms with Crippen molar-refractivity contribution in [2.45, 2.75) is 43.9 Å². The van der Waals surface area contributed by atoms with Crippen molar-refractivity contribution in [1.29, 1.82) is 0 Å². The van der Waals surface area contributed by atoms with E-state index in [1.54, 1.807) is 25.6 Å². The molecule has 0 spiro atoms. The summed E-state index contributed by atoms with van der Waals surface area (Å²) >= 11 is 1.69. The lowest BCUT2D eigenvalue weighted by Crippen LogP contribution is -2.47. The number of fused-ring (bicyclic) bond motifs is 1. The van der Waals surface area contributed by atoms with Crippen LogP contribution >= 0.6 is 11.3 Å². The normalized spacial score (nSPS) is 18.0. The van der Waals surface area contributed by atoms with Crippen LogP contribution in [0.25, 0.3) is 10.8 Å². The summed E-state index contributed by atoms with van der Waals surface area (Å²) in [6.45, 7) is 3.08. The van der Waals surface area contributed by atoms with E-state index >= 15 is 0 Å². The van der Waals surface area contributed by atoms with Gasteiger partial charge in [-0.15, -0.1) is 11.3 Å². The monoisotopic (exact) mass is 649 g/mol. The highest BCUT2D eigenvalue weighted by Gasteiger charge is 2.35. The average Bonchev–Trinajstić information content (AvgIpc) is 3.61. The van der Waals surface area contributed by atoms with Crippen LogP contribution in [0.4, 0.5) is 4.79 Å². The van der Waals surface area contributed by atoms with Crippen LogP contribution in [-0.2, 0) is 30.3 Å². The summed E-state index contributed by atoms with van der Waals surface area (Å²) in [6, 6.07) is 26.3. The van der Waals surface area contributed by atoms with Gasteiger partial charge in [0.25, 0.3) is 0 Å². The van der Waals surface area contributed by atoms with Crippen molar-refractivity contribution in [2.75, 3.05) is 53.7 Å². The molecule has 4 atom stereocenters. The number of hydrogen-bond donors (Lipinski definition) is 1. The summed E-state index contributed by atoms with van der Waals surface area (Å²) in [4.78, 5) is 14.7. The lowest BCUT2D eigenvalue weighted by atomic mass is 9.87. The molecule has 1 saturated heterocycles. The first-order valence-corrected chi connectivity index (χ1v) is 16.5. The molecule has 4 unspecified atom stereocenters. The Hall–Kier alpha value is -3.51. The molecule has 1 fully saturated rings. The zero-order chi connectivity index (χ0) is 32.1. The van der Waals surface area contributed by atoms with Crippen molar-refractivity contribution in [2.24, 2.45) is 0 Å². The van der Waals surface area contributed by atoms with Crippen LogP contribution < -0.4 is 4.74 Å². The number of methoxy groups -OCH3 is 2. The highest BCUT2D eigenvalue weighted by atomic mass is 32.1. The number of benzene rings is 3. The average molecular weight is 650 g/mol. The molecule has 46 heavy (non-hydrogen) atoms. The Labute approximate surface area is 274 Å². The van der Waals surface area contributed by atoms with Crippen LogP contribution in [0.1, 0.15) is 41.1 Å². The lowest BCUT2D eigenvalue weighted by molar-refractivity contribution is -0.202. The summed E-state index contributed by atoms with van der Waals surface area (Å²) in [5.74, 6) is 0.739. The molecule has 1 aliphatic rings. The van der Waals surface area contributed by atoms with Gasteiger partial charge in [0, 0.05) is 43.5 Å². The molecule has 1 aliphatic heterocycles. The Morgan fingerprint density at radius 3 is 2.54 bits per heavy atom. The van der Waals surface area contributed by atoms with Gasteiger partial charge in [-0.3, -0.25) is 0 Å².